The lowest BCUT2D eigenvalue weighted by Gasteiger charge is -2.20. The Bertz CT molecular complexity index is 409. The number of aromatic carboxylic acids is 1. The Kier molecular flexibility index (Phi) is 5.74. The summed E-state index contributed by atoms with van der Waals surface area (Å²) < 4.78 is 18.7. The minimum Gasteiger partial charge on any atom is -0.478 e. The van der Waals surface area contributed by atoms with Crippen molar-refractivity contribution >= 4 is 5.97 Å². The molecule has 0 saturated carbocycles. The highest BCUT2D eigenvalue weighted by molar-refractivity contribution is 5.87. The molecule has 1 aromatic carbocycles. The van der Waals surface area contributed by atoms with Gasteiger partial charge in [0.05, 0.1) is 12.2 Å². The zero-order valence-corrected chi connectivity index (χ0v) is 10.6. The largest absolute Gasteiger partial charge is 0.478 e. The molecule has 1 aromatic rings. The standard InChI is InChI=1S/C13H18FNO3/c1-3-15(6-7-18-2)9-11-5-4-10(13(16)17)8-12(11)14/h4-5,8H,3,6-7,9H2,1-2H3,(H,16,17). The van der Waals surface area contributed by atoms with Crippen LogP contribution in [0, 0.1) is 5.82 Å². The number of rotatable bonds is 7. The van der Waals surface area contributed by atoms with Crippen molar-refractivity contribution in [2.45, 2.75) is 13.5 Å². The summed E-state index contributed by atoms with van der Waals surface area (Å²) in [5.74, 6) is -1.60. The molecule has 0 aliphatic carbocycles. The molecule has 0 saturated heterocycles. The molecule has 100 valence electrons. The van der Waals surface area contributed by atoms with Crippen LogP contribution in [0.2, 0.25) is 0 Å². The maximum atomic E-state index is 13.7. The Balaban J connectivity index is 2.74. The molecule has 1 rings (SSSR count). The first-order valence-corrected chi connectivity index (χ1v) is 5.81. The van der Waals surface area contributed by atoms with Crippen LogP contribution in [0.25, 0.3) is 0 Å². The summed E-state index contributed by atoms with van der Waals surface area (Å²) >= 11 is 0. The van der Waals surface area contributed by atoms with Crippen molar-refractivity contribution in [2.24, 2.45) is 0 Å². The average molecular weight is 255 g/mol. The average Bonchev–Trinajstić information content (AvgIpc) is 2.35. The highest BCUT2D eigenvalue weighted by Crippen LogP contribution is 2.13. The van der Waals surface area contributed by atoms with E-state index in [0.717, 1.165) is 12.6 Å². The van der Waals surface area contributed by atoms with Crippen molar-refractivity contribution in [1.29, 1.82) is 0 Å². The Morgan fingerprint density at radius 1 is 1.50 bits per heavy atom. The molecule has 0 radical (unpaired) electrons. The SMILES string of the molecule is CCN(CCOC)Cc1ccc(C(=O)O)cc1F. The fraction of sp³-hybridized carbons (Fsp3) is 0.462. The lowest BCUT2D eigenvalue weighted by molar-refractivity contribution is 0.0696. The minimum absolute atomic E-state index is 0.0313. The van der Waals surface area contributed by atoms with Gasteiger partial charge in [-0.1, -0.05) is 13.0 Å². The predicted octanol–water partition coefficient (Wildman–Crippen LogP) is 1.99. The van der Waals surface area contributed by atoms with Crippen molar-refractivity contribution in [1.82, 2.24) is 4.90 Å². The van der Waals surface area contributed by atoms with E-state index < -0.39 is 11.8 Å². The van der Waals surface area contributed by atoms with Gasteiger partial charge in [0.15, 0.2) is 0 Å². The van der Waals surface area contributed by atoms with E-state index in [0.29, 0.717) is 25.3 Å². The van der Waals surface area contributed by atoms with Gasteiger partial charge in [0, 0.05) is 25.8 Å². The molecule has 1 N–H and O–H groups in total. The maximum Gasteiger partial charge on any atom is 0.335 e. The zero-order chi connectivity index (χ0) is 13.5. The van der Waals surface area contributed by atoms with E-state index in [1.54, 1.807) is 7.11 Å². The van der Waals surface area contributed by atoms with Crippen LogP contribution >= 0.6 is 0 Å². The fourth-order valence-electron chi connectivity index (χ4n) is 1.62. The molecule has 0 bridgehead atoms. The lowest BCUT2D eigenvalue weighted by Crippen LogP contribution is -2.27. The van der Waals surface area contributed by atoms with E-state index in [2.05, 4.69) is 0 Å². The molecule has 5 heteroatoms. The van der Waals surface area contributed by atoms with Gasteiger partial charge in [-0.2, -0.15) is 0 Å². The molecule has 0 aromatic heterocycles. The minimum atomic E-state index is -1.12. The van der Waals surface area contributed by atoms with Gasteiger partial charge in [0.25, 0.3) is 0 Å². The molecule has 0 spiro atoms. The van der Waals surface area contributed by atoms with Gasteiger partial charge in [-0.3, -0.25) is 4.90 Å². The summed E-state index contributed by atoms with van der Waals surface area (Å²) in [5, 5.41) is 8.75. The summed E-state index contributed by atoms with van der Waals surface area (Å²) in [4.78, 5) is 12.7. The number of carboxylic acid groups (broad SMARTS) is 1. The Morgan fingerprint density at radius 3 is 2.72 bits per heavy atom. The number of likely N-dealkylation sites (N-methyl/N-ethyl adjacent to an activating group) is 1. The first kappa shape index (κ1) is 14.6. The molecular formula is C13H18FNO3. The second-order valence-electron chi connectivity index (χ2n) is 3.97. The van der Waals surface area contributed by atoms with E-state index in [1.165, 1.54) is 12.1 Å². The summed E-state index contributed by atoms with van der Waals surface area (Å²) in [6, 6.07) is 4.00. The number of nitrogens with zero attached hydrogens (tertiary/aromatic N) is 1. The number of halogens is 1. The van der Waals surface area contributed by atoms with E-state index >= 15 is 0 Å². The number of hydrogen-bond donors (Lipinski definition) is 1. The van der Waals surface area contributed by atoms with Crippen LogP contribution in [0.15, 0.2) is 18.2 Å². The molecule has 0 aliphatic rings. The van der Waals surface area contributed by atoms with E-state index in [4.69, 9.17) is 9.84 Å². The van der Waals surface area contributed by atoms with E-state index in [9.17, 15) is 9.18 Å². The van der Waals surface area contributed by atoms with E-state index in [-0.39, 0.29) is 5.56 Å². The zero-order valence-electron chi connectivity index (χ0n) is 10.6. The Morgan fingerprint density at radius 2 is 2.22 bits per heavy atom. The first-order valence-electron chi connectivity index (χ1n) is 5.81. The quantitative estimate of drug-likeness (QED) is 0.809. The van der Waals surface area contributed by atoms with Gasteiger partial charge in [0.2, 0.25) is 0 Å². The first-order chi connectivity index (χ1) is 8.58. The summed E-state index contributed by atoms with van der Waals surface area (Å²) in [6.45, 7) is 4.52. The molecule has 4 nitrogen and oxygen atoms in total. The van der Waals surface area contributed by atoms with Crippen LogP contribution in [0.4, 0.5) is 4.39 Å². The molecule has 0 fully saturated rings. The van der Waals surface area contributed by atoms with Crippen LogP contribution in [-0.2, 0) is 11.3 Å². The number of methoxy groups -OCH3 is 1. The number of hydrogen-bond acceptors (Lipinski definition) is 3. The smallest absolute Gasteiger partial charge is 0.335 e. The second-order valence-corrected chi connectivity index (χ2v) is 3.97. The topological polar surface area (TPSA) is 49.8 Å². The molecule has 0 unspecified atom stereocenters. The predicted molar refractivity (Wildman–Crippen MR) is 66.2 cm³/mol. The summed E-state index contributed by atoms with van der Waals surface area (Å²) in [5.41, 5.74) is 0.467. The van der Waals surface area contributed by atoms with Crippen molar-refractivity contribution in [3.63, 3.8) is 0 Å². The summed E-state index contributed by atoms with van der Waals surface area (Å²) in [7, 11) is 1.62. The van der Waals surface area contributed by atoms with Crippen LogP contribution in [0.1, 0.15) is 22.8 Å². The normalized spacial score (nSPS) is 10.9. The molecule has 0 heterocycles. The number of carboxylic acids is 1. The lowest BCUT2D eigenvalue weighted by atomic mass is 10.1. The monoisotopic (exact) mass is 255 g/mol. The van der Waals surface area contributed by atoms with Gasteiger partial charge in [-0.05, 0) is 18.7 Å². The maximum absolute atomic E-state index is 13.7. The van der Waals surface area contributed by atoms with Crippen molar-refractivity contribution < 1.29 is 19.0 Å². The molecule has 0 amide bonds. The molecular weight excluding hydrogens is 237 g/mol. The fourth-order valence-corrected chi connectivity index (χ4v) is 1.62. The molecule has 0 atom stereocenters. The van der Waals surface area contributed by atoms with Gasteiger partial charge in [-0.25, -0.2) is 9.18 Å². The molecule has 18 heavy (non-hydrogen) atoms. The third-order valence-corrected chi connectivity index (χ3v) is 2.75. The van der Waals surface area contributed by atoms with Crippen LogP contribution in [0.5, 0.6) is 0 Å². The van der Waals surface area contributed by atoms with Crippen molar-refractivity contribution in [3.05, 3.63) is 35.1 Å². The van der Waals surface area contributed by atoms with Gasteiger partial charge >= 0.3 is 5.97 Å². The van der Waals surface area contributed by atoms with Crippen LogP contribution in [-0.4, -0.2) is 42.8 Å². The second kappa shape index (κ2) is 7.08. The Labute approximate surface area is 106 Å². The summed E-state index contributed by atoms with van der Waals surface area (Å²) in [6.07, 6.45) is 0. The van der Waals surface area contributed by atoms with Crippen molar-refractivity contribution in [3.8, 4) is 0 Å². The van der Waals surface area contributed by atoms with Crippen molar-refractivity contribution in [2.75, 3.05) is 26.8 Å². The van der Waals surface area contributed by atoms with Crippen LogP contribution in [0.3, 0.4) is 0 Å². The molecule has 0 aliphatic heterocycles. The third-order valence-electron chi connectivity index (χ3n) is 2.75. The highest BCUT2D eigenvalue weighted by atomic mass is 19.1. The van der Waals surface area contributed by atoms with Gasteiger partial charge in [-0.15, -0.1) is 0 Å². The number of ether oxygens (including phenoxy) is 1. The van der Waals surface area contributed by atoms with Crippen LogP contribution < -0.4 is 0 Å². The highest BCUT2D eigenvalue weighted by Gasteiger charge is 2.11. The third kappa shape index (κ3) is 4.09. The Hall–Kier alpha value is -1.46. The number of benzene rings is 1. The number of carbonyl (C=O) groups is 1. The van der Waals surface area contributed by atoms with E-state index in [1.807, 2.05) is 11.8 Å². The van der Waals surface area contributed by atoms with Gasteiger partial charge < -0.3 is 9.84 Å². The van der Waals surface area contributed by atoms with Gasteiger partial charge in [0.1, 0.15) is 5.82 Å².